The van der Waals surface area contributed by atoms with Crippen molar-refractivity contribution in [1.29, 1.82) is 0 Å². The van der Waals surface area contributed by atoms with Gasteiger partial charge in [0, 0.05) is 49.0 Å². The highest BCUT2D eigenvalue weighted by Crippen LogP contribution is 2.04. The molecule has 6 nitrogen and oxygen atoms in total. The minimum Gasteiger partial charge on any atom is -0.307 e. The van der Waals surface area contributed by atoms with Gasteiger partial charge in [-0.05, 0) is 13.0 Å². The minimum atomic E-state index is 0.751. The first-order valence-electron chi connectivity index (χ1n) is 5.81. The molecule has 0 fully saturated rings. The number of rotatable bonds is 4. The van der Waals surface area contributed by atoms with Crippen molar-refractivity contribution in [2.45, 2.75) is 20.0 Å². The maximum Gasteiger partial charge on any atom is 0.155 e. The zero-order valence-electron chi connectivity index (χ0n) is 10.1. The van der Waals surface area contributed by atoms with Crippen LogP contribution in [0.1, 0.15) is 17.0 Å². The Balaban J connectivity index is 1.67. The van der Waals surface area contributed by atoms with E-state index in [1.54, 1.807) is 6.20 Å². The summed E-state index contributed by atoms with van der Waals surface area (Å²) in [5.41, 5.74) is 4.03. The summed E-state index contributed by atoms with van der Waals surface area (Å²) in [7, 11) is 0. The second kappa shape index (κ2) is 4.58. The topological polar surface area (TPSA) is 70.9 Å². The van der Waals surface area contributed by atoms with E-state index in [-0.39, 0.29) is 0 Å². The average molecular weight is 242 g/mol. The van der Waals surface area contributed by atoms with Crippen molar-refractivity contribution < 1.29 is 0 Å². The van der Waals surface area contributed by atoms with Crippen molar-refractivity contribution in [2.75, 3.05) is 0 Å². The highest BCUT2D eigenvalue weighted by Gasteiger charge is 2.01. The van der Waals surface area contributed by atoms with E-state index in [1.165, 1.54) is 0 Å². The molecule has 0 aliphatic rings. The standard InChI is InChI=1S/C12H14N6/c1-9-4-12-14-6-10(8-18(12)17-9)5-13-7-11-2-3-15-16-11/h2-4,6,8,13H,5,7H2,1H3,(H,15,16). The molecule has 0 aliphatic carbocycles. The van der Waals surface area contributed by atoms with Gasteiger partial charge in [0.15, 0.2) is 5.65 Å². The number of H-pyrrole nitrogens is 1. The fourth-order valence-electron chi connectivity index (χ4n) is 1.85. The van der Waals surface area contributed by atoms with E-state index in [0.717, 1.165) is 35.7 Å². The second-order valence-corrected chi connectivity index (χ2v) is 4.24. The maximum absolute atomic E-state index is 4.36. The van der Waals surface area contributed by atoms with Crippen molar-refractivity contribution in [3.05, 3.63) is 47.7 Å². The molecule has 0 aromatic carbocycles. The summed E-state index contributed by atoms with van der Waals surface area (Å²) in [4.78, 5) is 4.36. The fraction of sp³-hybridized carbons (Fsp3) is 0.250. The largest absolute Gasteiger partial charge is 0.307 e. The number of aromatic amines is 1. The molecule has 3 rings (SSSR count). The number of aryl methyl sites for hydroxylation is 1. The molecule has 0 amide bonds. The molecule has 18 heavy (non-hydrogen) atoms. The van der Waals surface area contributed by atoms with Crippen LogP contribution in [0.25, 0.3) is 5.65 Å². The molecule has 2 N–H and O–H groups in total. The molecule has 0 radical (unpaired) electrons. The van der Waals surface area contributed by atoms with Crippen molar-refractivity contribution in [3.63, 3.8) is 0 Å². The Bertz CT molecular complexity index is 640. The van der Waals surface area contributed by atoms with Crippen LogP contribution in [0.5, 0.6) is 0 Å². The summed E-state index contributed by atoms with van der Waals surface area (Å²) in [6.45, 7) is 3.47. The molecule has 6 heteroatoms. The molecule has 92 valence electrons. The van der Waals surface area contributed by atoms with Crippen LogP contribution in [0.4, 0.5) is 0 Å². The summed E-state index contributed by atoms with van der Waals surface area (Å²) in [6.07, 6.45) is 5.61. The summed E-state index contributed by atoms with van der Waals surface area (Å²) >= 11 is 0. The molecular weight excluding hydrogens is 228 g/mol. The van der Waals surface area contributed by atoms with E-state index in [4.69, 9.17) is 0 Å². The number of fused-ring (bicyclic) bond motifs is 1. The molecule has 3 aromatic heterocycles. The van der Waals surface area contributed by atoms with Gasteiger partial charge in [0.2, 0.25) is 0 Å². The first-order valence-corrected chi connectivity index (χ1v) is 5.81. The molecule has 3 aromatic rings. The van der Waals surface area contributed by atoms with Gasteiger partial charge in [0.25, 0.3) is 0 Å². The SMILES string of the molecule is Cc1cc2ncc(CNCc3ccn[nH]3)cn2n1. The Labute approximate surface area is 104 Å². The van der Waals surface area contributed by atoms with Gasteiger partial charge >= 0.3 is 0 Å². The van der Waals surface area contributed by atoms with Gasteiger partial charge in [0.05, 0.1) is 5.69 Å². The van der Waals surface area contributed by atoms with Crippen molar-refractivity contribution >= 4 is 5.65 Å². The van der Waals surface area contributed by atoms with Crippen molar-refractivity contribution in [3.8, 4) is 0 Å². The summed E-state index contributed by atoms with van der Waals surface area (Å²) in [6, 6.07) is 3.91. The van der Waals surface area contributed by atoms with E-state index in [9.17, 15) is 0 Å². The van der Waals surface area contributed by atoms with Crippen LogP contribution in [0.2, 0.25) is 0 Å². The Kier molecular flexibility index (Phi) is 2.77. The van der Waals surface area contributed by atoms with E-state index in [0.29, 0.717) is 0 Å². The molecule has 0 aliphatic heterocycles. The van der Waals surface area contributed by atoms with Crippen LogP contribution in [-0.2, 0) is 13.1 Å². The van der Waals surface area contributed by atoms with Crippen LogP contribution in [-0.4, -0.2) is 24.8 Å². The first kappa shape index (κ1) is 10.9. The monoisotopic (exact) mass is 242 g/mol. The minimum absolute atomic E-state index is 0.751. The van der Waals surface area contributed by atoms with Crippen molar-refractivity contribution in [2.24, 2.45) is 0 Å². The molecule has 0 unspecified atom stereocenters. The number of hydrogen-bond donors (Lipinski definition) is 2. The Morgan fingerprint density at radius 3 is 3.17 bits per heavy atom. The Hall–Kier alpha value is -2.21. The smallest absolute Gasteiger partial charge is 0.155 e. The summed E-state index contributed by atoms with van der Waals surface area (Å²) < 4.78 is 1.81. The lowest BCUT2D eigenvalue weighted by Gasteiger charge is -2.03. The van der Waals surface area contributed by atoms with Gasteiger partial charge in [-0.25, -0.2) is 9.50 Å². The molecule has 0 saturated heterocycles. The first-order chi connectivity index (χ1) is 8.81. The van der Waals surface area contributed by atoms with E-state index >= 15 is 0 Å². The molecule has 3 heterocycles. The quantitative estimate of drug-likeness (QED) is 0.717. The lowest BCUT2D eigenvalue weighted by molar-refractivity contribution is 0.671. The summed E-state index contributed by atoms with van der Waals surface area (Å²) in [5, 5.41) is 14.5. The van der Waals surface area contributed by atoms with Gasteiger partial charge in [-0.3, -0.25) is 5.10 Å². The lowest BCUT2D eigenvalue weighted by atomic mass is 10.3. The maximum atomic E-state index is 4.36. The molecule has 0 spiro atoms. The highest BCUT2D eigenvalue weighted by atomic mass is 15.2. The molecule has 0 saturated carbocycles. The van der Waals surface area contributed by atoms with Crippen LogP contribution in [0, 0.1) is 6.92 Å². The third kappa shape index (κ3) is 2.23. The predicted molar refractivity (Wildman–Crippen MR) is 66.9 cm³/mol. The van der Waals surface area contributed by atoms with Gasteiger partial charge < -0.3 is 5.32 Å². The second-order valence-electron chi connectivity index (χ2n) is 4.24. The average Bonchev–Trinajstić information content (AvgIpc) is 2.96. The van der Waals surface area contributed by atoms with Crippen LogP contribution in [0.3, 0.4) is 0 Å². The highest BCUT2D eigenvalue weighted by molar-refractivity contribution is 5.38. The van der Waals surface area contributed by atoms with Crippen LogP contribution >= 0.6 is 0 Å². The number of aromatic nitrogens is 5. The number of nitrogens with zero attached hydrogens (tertiary/aromatic N) is 4. The third-order valence-corrected chi connectivity index (χ3v) is 2.69. The number of nitrogens with one attached hydrogen (secondary N) is 2. The Morgan fingerprint density at radius 2 is 2.33 bits per heavy atom. The molecule has 0 atom stereocenters. The van der Waals surface area contributed by atoms with Crippen molar-refractivity contribution in [1.82, 2.24) is 30.1 Å². The zero-order chi connectivity index (χ0) is 12.4. The van der Waals surface area contributed by atoms with Gasteiger partial charge in [-0.2, -0.15) is 10.2 Å². The fourth-order valence-corrected chi connectivity index (χ4v) is 1.85. The van der Waals surface area contributed by atoms with Crippen LogP contribution < -0.4 is 5.32 Å². The van der Waals surface area contributed by atoms with E-state index < -0.39 is 0 Å². The van der Waals surface area contributed by atoms with Crippen LogP contribution in [0.15, 0.2) is 30.7 Å². The number of hydrogen-bond acceptors (Lipinski definition) is 4. The normalized spacial score (nSPS) is 11.2. The van der Waals surface area contributed by atoms with Gasteiger partial charge in [-0.15, -0.1) is 0 Å². The molecular formula is C12H14N6. The summed E-state index contributed by atoms with van der Waals surface area (Å²) in [5.74, 6) is 0. The van der Waals surface area contributed by atoms with Gasteiger partial charge in [-0.1, -0.05) is 0 Å². The zero-order valence-corrected chi connectivity index (χ0v) is 10.1. The van der Waals surface area contributed by atoms with Gasteiger partial charge in [0.1, 0.15) is 0 Å². The lowest BCUT2D eigenvalue weighted by Crippen LogP contribution is -2.13. The third-order valence-electron chi connectivity index (χ3n) is 2.69. The van der Waals surface area contributed by atoms with E-state index in [1.807, 2.05) is 36.0 Å². The Morgan fingerprint density at radius 1 is 1.39 bits per heavy atom. The molecule has 0 bridgehead atoms. The van der Waals surface area contributed by atoms with E-state index in [2.05, 4.69) is 25.6 Å². The predicted octanol–water partition coefficient (Wildman–Crippen LogP) is 1.05.